The Balaban J connectivity index is 1.17. The Morgan fingerprint density at radius 2 is 1.77 bits per heavy atom. The molecule has 1 N–H and O–H groups in total. The molecule has 10 heteroatoms. The second-order valence-corrected chi connectivity index (χ2v) is 8.78. The van der Waals surface area contributed by atoms with Gasteiger partial charge in [-0.2, -0.15) is 5.10 Å². The van der Waals surface area contributed by atoms with Crippen molar-refractivity contribution in [3.05, 3.63) is 130 Å². The van der Waals surface area contributed by atoms with E-state index in [1.54, 1.807) is 47.2 Å². The van der Waals surface area contributed by atoms with Crippen molar-refractivity contribution in [1.29, 1.82) is 0 Å². The topological polar surface area (TPSA) is 117 Å². The van der Waals surface area contributed by atoms with E-state index in [-0.39, 0.29) is 18.1 Å². The summed E-state index contributed by atoms with van der Waals surface area (Å²) >= 11 is 0. The van der Waals surface area contributed by atoms with E-state index in [4.69, 9.17) is 9.15 Å². The smallest absolute Gasteiger partial charge is 0.307 e. The van der Waals surface area contributed by atoms with Crippen LogP contribution in [0.25, 0.3) is 11.4 Å². The summed E-state index contributed by atoms with van der Waals surface area (Å²) in [6.45, 7) is 4.28. The second kappa shape index (κ2) is 10.9. The van der Waals surface area contributed by atoms with Crippen LogP contribution >= 0.6 is 0 Å². The quantitative estimate of drug-likeness (QED) is 0.150. The van der Waals surface area contributed by atoms with Crippen molar-refractivity contribution in [2.45, 2.75) is 20.5 Å². The summed E-state index contributed by atoms with van der Waals surface area (Å²) < 4.78 is 15.3. The Morgan fingerprint density at radius 1 is 1.00 bits per heavy atom. The van der Waals surface area contributed by atoms with Crippen LogP contribution in [-0.2, 0) is 6.61 Å². The van der Waals surface area contributed by atoms with Crippen molar-refractivity contribution in [3.63, 3.8) is 0 Å². The Labute approximate surface area is 223 Å². The number of nitro benzene ring substituents is 1. The van der Waals surface area contributed by atoms with Crippen LogP contribution in [0.1, 0.15) is 33.4 Å². The molecule has 2 aromatic carbocycles. The largest absolute Gasteiger partial charge is 0.486 e. The number of aryl methyl sites for hydroxylation is 2. The van der Waals surface area contributed by atoms with Gasteiger partial charge in [-0.15, -0.1) is 0 Å². The lowest BCUT2D eigenvalue weighted by molar-refractivity contribution is -0.384. The van der Waals surface area contributed by atoms with E-state index >= 15 is 0 Å². The highest BCUT2D eigenvalue weighted by Crippen LogP contribution is 2.21. The normalized spacial score (nSPS) is 11.1. The maximum atomic E-state index is 12.5. The van der Waals surface area contributed by atoms with Gasteiger partial charge in [0, 0.05) is 35.4 Å². The number of ether oxygens (including phenoxy) is 1. The molecule has 0 fully saturated rings. The Morgan fingerprint density at radius 3 is 2.51 bits per heavy atom. The molecule has 0 bridgehead atoms. The van der Waals surface area contributed by atoms with E-state index in [1.165, 1.54) is 18.3 Å². The van der Waals surface area contributed by atoms with Gasteiger partial charge in [-0.05, 0) is 80.6 Å². The fourth-order valence-electron chi connectivity index (χ4n) is 4.20. The number of nitrogens with zero attached hydrogens (tertiary/aromatic N) is 4. The average molecular weight is 524 g/mol. The average Bonchev–Trinajstić information content (AvgIpc) is 3.68. The molecule has 196 valence electrons. The van der Waals surface area contributed by atoms with Gasteiger partial charge in [-0.3, -0.25) is 14.9 Å². The van der Waals surface area contributed by atoms with Crippen LogP contribution in [0.5, 0.6) is 5.75 Å². The summed E-state index contributed by atoms with van der Waals surface area (Å²) in [5.41, 5.74) is 7.00. The van der Waals surface area contributed by atoms with E-state index in [2.05, 4.69) is 41.1 Å². The van der Waals surface area contributed by atoms with Crippen molar-refractivity contribution < 1.29 is 18.9 Å². The molecular formula is C29H25N5O5. The van der Waals surface area contributed by atoms with Crippen LogP contribution < -0.4 is 10.2 Å². The first-order valence-corrected chi connectivity index (χ1v) is 12.1. The maximum absolute atomic E-state index is 12.5. The monoisotopic (exact) mass is 523 g/mol. The van der Waals surface area contributed by atoms with Crippen molar-refractivity contribution in [3.8, 4) is 17.1 Å². The van der Waals surface area contributed by atoms with Gasteiger partial charge in [-0.1, -0.05) is 6.07 Å². The van der Waals surface area contributed by atoms with E-state index < -0.39 is 10.8 Å². The molecule has 0 atom stereocenters. The second-order valence-electron chi connectivity index (χ2n) is 8.78. The molecule has 3 aromatic heterocycles. The highest BCUT2D eigenvalue weighted by Gasteiger charge is 2.12. The van der Waals surface area contributed by atoms with Gasteiger partial charge < -0.3 is 18.3 Å². The summed E-state index contributed by atoms with van der Waals surface area (Å²) in [5.74, 6) is 0.742. The summed E-state index contributed by atoms with van der Waals surface area (Å²) in [6, 6.07) is 24.9. The van der Waals surface area contributed by atoms with Gasteiger partial charge in [0.25, 0.3) is 5.69 Å². The van der Waals surface area contributed by atoms with Crippen LogP contribution in [0, 0.1) is 24.0 Å². The number of hydrogen-bond donors (Lipinski definition) is 1. The minimum atomic E-state index is -0.521. The molecule has 0 unspecified atom stereocenters. The van der Waals surface area contributed by atoms with Gasteiger partial charge in [-0.25, -0.2) is 5.43 Å². The number of carbonyl (C=O) groups excluding carboxylic acids is 1. The first-order valence-electron chi connectivity index (χ1n) is 12.1. The maximum Gasteiger partial charge on any atom is 0.307 e. The van der Waals surface area contributed by atoms with Gasteiger partial charge in [0.1, 0.15) is 18.1 Å². The first kappa shape index (κ1) is 25.3. The number of non-ortho nitro benzene ring substituents is 1. The summed E-state index contributed by atoms with van der Waals surface area (Å²) in [5, 5.41) is 15.1. The molecule has 5 rings (SSSR count). The Kier molecular flexibility index (Phi) is 7.09. The molecule has 0 aliphatic carbocycles. The number of furan rings is 1. The van der Waals surface area contributed by atoms with Crippen molar-refractivity contribution >= 4 is 17.8 Å². The number of hydrazone groups is 1. The standard InChI is InChI=1S/C29H25N5O5/c1-20-8-9-21(2)33(20)22-10-12-26(13-11-22)38-19-27-14-15-28(39-27)29(35)31-30-18-25-7-4-16-32(25)23-5-3-6-24(17-23)34(36)37/h3-18H,19H2,1-2H3,(H,31,35)/b30-18+. The first-order chi connectivity index (χ1) is 18.9. The highest BCUT2D eigenvalue weighted by atomic mass is 16.6. The molecule has 10 nitrogen and oxygen atoms in total. The molecular weight excluding hydrogens is 498 g/mol. The molecule has 39 heavy (non-hydrogen) atoms. The number of hydrogen-bond acceptors (Lipinski definition) is 6. The number of benzene rings is 2. The zero-order valence-electron chi connectivity index (χ0n) is 21.3. The number of rotatable bonds is 9. The molecule has 1 amide bonds. The molecule has 0 aliphatic heterocycles. The third-order valence-electron chi connectivity index (χ3n) is 6.09. The van der Waals surface area contributed by atoms with E-state index in [0.29, 0.717) is 22.9 Å². The number of nitro groups is 1. The fourth-order valence-corrected chi connectivity index (χ4v) is 4.20. The lowest BCUT2D eigenvalue weighted by Crippen LogP contribution is -2.17. The highest BCUT2D eigenvalue weighted by molar-refractivity contribution is 5.92. The summed E-state index contributed by atoms with van der Waals surface area (Å²) in [4.78, 5) is 23.1. The van der Waals surface area contributed by atoms with Crippen molar-refractivity contribution in [2.75, 3.05) is 0 Å². The van der Waals surface area contributed by atoms with E-state index in [9.17, 15) is 14.9 Å². The van der Waals surface area contributed by atoms with Gasteiger partial charge in [0.2, 0.25) is 0 Å². The van der Waals surface area contributed by atoms with Gasteiger partial charge >= 0.3 is 5.91 Å². The van der Waals surface area contributed by atoms with Crippen LogP contribution in [0.2, 0.25) is 0 Å². The molecule has 0 radical (unpaired) electrons. The zero-order valence-corrected chi connectivity index (χ0v) is 21.3. The van der Waals surface area contributed by atoms with E-state index in [0.717, 1.165) is 17.1 Å². The molecule has 0 spiro atoms. The third-order valence-corrected chi connectivity index (χ3v) is 6.09. The van der Waals surface area contributed by atoms with Crippen LogP contribution in [0.3, 0.4) is 0 Å². The van der Waals surface area contributed by atoms with Crippen LogP contribution in [0.4, 0.5) is 5.69 Å². The number of nitrogens with one attached hydrogen (secondary N) is 1. The lowest BCUT2D eigenvalue weighted by Gasteiger charge is -2.10. The van der Waals surface area contributed by atoms with Gasteiger partial charge in [0.05, 0.1) is 22.5 Å². The van der Waals surface area contributed by atoms with E-state index in [1.807, 2.05) is 24.3 Å². The Hall–Kier alpha value is -5.38. The molecule has 3 heterocycles. The number of carbonyl (C=O) groups is 1. The van der Waals surface area contributed by atoms with Crippen LogP contribution in [-0.4, -0.2) is 26.2 Å². The molecule has 5 aromatic rings. The van der Waals surface area contributed by atoms with Gasteiger partial charge in [0.15, 0.2) is 5.76 Å². The van der Waals surface area contributed by atoms with Crippen molar-refractivity contribution in [2.24, 2.45) is 5.10 Å². The molecule has 0 aliphatic rings. The fraction of sp³-hybridized carbons (Fsp3) is 0.103. The minimum absolute atomic E-state index is 0.0193. The van der Waals surface area contributed by atoms with Crippen LogP contribution in [0.15, 0.2) is 101 Å². The lowest BCUT2D eigenvalue weighted by atomic mass is 10.2. The predicted molar refractivity (Wildman–Crippen MR) is 146 cm³/mol. The Bertz CT molecular complexity index is 1640. The molecule has 0 saturated carbocycles. The SMILES string of the molecule is Cc1ccc(C)n1-c1ccc(OCc2ccc(C(=O)N/N=C/c3cccn3-c3cccc([N+](=O)[O-])c3)o2)cc1. The summed E-state index contributed by atoms with van der Waals surface area (Å²) in [6.07, 6.45) is 3.20. The predicted octanol–water partition coefficient (Wildman–Crippen LogP) is 5.73. The zero-order chi connectivity index (χ0) is 27.4. The number of aromatic nitrogens is 2. The summed E-state index contributed by atoms with van der Waals surface area (Å²) in [7, 11) is 0. The van der Waals surface area contributed by atoms with Crippen molar-refractivity contribution in [1.82, 2.24) is 14.6 Å². The number of amides is 1. The minimum Gasteiger partial charge on any atom is -0.486 e. The molecule has 0 saturated heterocycles. The third kappa shape index (κ3) is 5.64.